The van der Waals surface area contributed by atoms with Gasteiger partial charge in [0.1, 0.15) is 5.75 Å². The Bertz CT molecular complexity index is 842. The topological polar surface area (TPSA) is 90.4 Å². The number of alkyl halides is 3. The molecule has 2 heterocycles. The summed E-state index contributed by atoms with van der Waals surface area (Å²) in [4.78, 5) is 15.8. The maximum atomic E-state index is 12.1. The number of halogens is 3. The van der Waals surface area contributed by atoms with Gasteiger partial charge in [-0.15, -0.1) is 13.2 Å². The van der Waals surface area contributed by atoms with Crippen LogP contribution in [0.3, 0.4) is 0 Å². The van der Waals surface area contributed by atoms with Gasteiger partial charge in [-0.05, 0) is 36.4 Å². The summed E-state index contributed by atoms with van der Waals surface area (Å²) in [7, 11) is 0. The zero-order valence-corrected chi connectivity index (χ0v) is 12.4. The minimum absolute atomic E-state index is 0.0260. The lowest BCUT2D eigenvalue weighted by Gasteiger charge is -2.08. The summed E-state index contributed by atoms with van der Waals surface area (Å²) < 4.78 is 50.0. The number of rotatable bonds is 5. The van der Waals surface area contributed by atoms with Gasteiger partial charge in [0.15, 0.2) is 5.76 Å². The third kappa shape index (κ3) is 4.37. The molecule has 2 aromatic heterocycles. The van der Waals surface area contributed by atoms with E-state index >= 15 is 0 Å². The summed E-state index contributed by atoms with van der Waals surface area (Å²) >= 11 is 0. The number of aromatic nitrogens is 2. The number of nitrogens with zero attached hydrogens (tertiary/aromatic N) is 2. The zero-order chi connectivity index (χ0) is 17.9. The molecule has 1 N–H and O–H groups in total. The van der Waals surface area contributed by atoms with Crippen LogP contribution in [0, 0.1) is 0 Å². The first-order valence-electron chi connectivity index (χ1n) is 6.91. The number of carbonyl (C=O) groups excluding carboxylic acids is 1. The minimum Gasteiger partial charge on any atom is -0.459 e. The van der Waals surface area contributed by atoms with Crippen LogP contribution in [-0.4, -0.2) is 22.4 Å². The second-order valence-corrected chi connectivity index (χ2v) is 4.74. The lowest BCUT2D eigenvalue weighted by molar-refractivity contribution is -0.274. The molecule has 130 valence electrons. The lowest BCUT2D eigenvalue weighted by atomic mass is 10.2. The third-order valence-corrected chi connectivity index (χ3v) is 2.96. The molecule has 25 heavy (non-hydrogen) atoms. The molecule has 0 saturated carbocycles. The Kier molecular flexibility index (Phi) is 4.42. The van der Waals surface area contributed by atoms with E-state index in [1.54, 1.807) is 6.07 Å². The minimum atomic E-state index is -4.76. The van der Waals surface area contributed by atoms with E-state index in [0.29, 0.717) is 5.56 Å². The normalized spacial score (nSPS) is 11.3. The molecule has 1 aromatic carbocycles. The van der Waals surface area contributed by atoms with Gasteiger partial charge in [0.05, 0.1) is 12.8 Å². The van der Waals surface area contributed by atoms with Crippen LogP contribution in [0.15, 0.2) is 51.6 Å². The number of benzene rings is 1. The predicted octanol–water partition coefficient (Wildman–Crippen LogP) is 3.16. The molecule has 0 spiro atoms. The van der Waals surface area contributed by atoms with Gasteiger partial charge in [-0.1, -0.05) is 5.16 Å². The predicted molar refractivity (Wildman–Crippen MR) is 76.3 cm³/mol. The van der Waals surface area contributed by atoms with Crippen molar-refractivity contribution in [2.24, 2.45) is 0 Å². The third-order valence-electron chi connectivity index (χ3n) is 2.96. The van der Waals surface area contributed by atoms with Crippen LogP contribution >= 0.6 is 0 Å². The molecule has 0 radical (unpaired) electrons. The Balaban J connectivity index is 1.62. The molecule has 0 saturated heterocycles. The molecule has 0 bridgehead atoms. The molecule has 0 aliphatic heterocycles. The Morgan fingerprint density at radius 2 is 1.96 bits per heavy atom. The van der Waals surface area contributed by atoms with E-state index in [1.807, 2.05) is 0 Å². The highest BCUT2D eigenvalue weighted by atomic mass is 19.4. The van der Waals surface area contributed by atoms with Gasteiger partial charge >= 0.3 is 6.36 Å². The van der Waals surface area contributed by atoms with E-state index in [0.717, 1.165) is 12.1 Å². The van der Waals surface area contributed by atoms with Gasteiger partial charge in [0.2, 0.25) is 11.7 Å². The highest BCUT2D eigenvalue weighted by Crippen LogP contribution is 2.25. The number of carbonyl (C=O) groups is 1. The summed E-state index contributed by atoms with van der Waals surface area (Å²) in [5, 5.41) is 6.23. The first-order valence-corrected chi connectivity index (χ1v) is 6.91. The van der Waals surface area contributed by atoms with Crippen molar-refractivity contribution in [3.8, 4) is 17.1 Å². The molecular formula is C15H10F3N3O4. The second-order valence-electron chi connectivity index (χ2n) is 4.74. The quantitative estimate of drug-likeness (QED) is 0.758. The van der Waals surface area contributed by atoms with Crippen molar-refractivity contribution in [2.75, 3.05) is 0 Å². The smallest absolute Gasteiger partial charge is 0.459 e. The van der Waals surface area contributed by atoms with Crippen LogP contribution in [0.1, 0.15) is 16.4 Å². The zero-order valence-electron chi connectivity index (χ0n) is 12.4. The average Bonchev–Trinajstić information content (AvgIpc) is 3.24. The maximum absolute atomic E-state index is 12.1. The van der Waals surface area contributed by atoms with E-state index < -0.39 is 12.3 Å². The van der Waals surface area contributed by atoms with Crippen molar-refractivity contribution in [2.45, 2.75) is 12.9 Å². The molecule has 0 atom stereocenters. The van der Waals surface area contributed by atoms with E-state index in [2.05, 4.69) is 20.2 Å². The van der Waals surface area contributed by atoms with Gasteiger partial charge in [-0.25, -0.2) is 0 Å². The molecule has 0 unspecified atom stereocenters. The van der Waals surface area contributed by atoms with Crippen LogP contribution in [0.25, 0.3) is 11.4 Å². The first-order chi connectivity index (χ1) is 11.9. The number of ether oxygens (including phenoxy) is 1. The monoisotopic (exact) mass is 353 g/mol. The Morgan fingerprint density at radius 3 is 2.60 bits per heavy atom. The number of furan rings is 1. The Labute approximate surface area is 138 Å². The molecule has 0 aliphatic rings. The molecule has 0 aliphatic carbocycles. The summed E-state index contributed by atoms with van der Waals surface area (Å²) in [6, 6.07) is 8.06. The molecule has 0 fully saturated rings. The van der Waals surface area contributed by atoms with E-state index in [-0.39, 0.29) is 29.8 Å². The van der Waals surface area contributed by atoms with Gasteiger partial charge in [0, 0.05) is 5.56 Å². The lowest BCUT2D eigenvalue weighted by Crippen LogP contribution is -2.22. The fourth-order valence-electron chi connectivity index (χ4n) is 1.90. The summed E-state index contributed by atoms with van der Waals surface area (Å²) in [6.07, 6.45) is -3.39. The second kappa shape index (κ2) is 6.67. The van der Waals surface area contributed by atoms with Gasteiger partial charge in [-0.3, -0.25) is 4.79 Å². The van der Waals surface area contributed by atoms with Gasteiger partial charge in [-0.2, -0.15) is 4.98 Å². The van der Waals surface area contributed by atoms with Crippen molar-refractivity contribution in [1.82, 2.24) is 15.5 Å². The van der Waals surface area contributed by atoms with Crippen LogP contribution in [0.5, 0.6) is 5.75 Å². The van der Waals surface area contributed by atoms with Crippen LogP contribution in [0.2, 0.25) is 0 Å². The standard InChI is InChI=1S/C15H10F3N3O4/c16-15(17,18)24-10-5-3-9(4-6-10)13-20-12(25-21-13)8-19-14(22)11-2-1-7-23-11/h1-7H,8H2,(H,19,22). The highest BCUT2D eigenvalue weighted by molar-refractivity contribution is 5.91. The number of hydrogen-bond acceptors (Lipinski definition) is 6. The van der Waals surface area contributed by atoms with Crippen LogP contribution in [0.4, 0.5) is 13.2 Å². The summed E-state index contributed by atoms with van der Waals surface area (Å²) in [6.45, 7) is -0.0260. The summed E-state index contributed by atoms with van der Waals surface area (Å²) in [5.74, 6) is -0.365. The molecule has 3 rings (SSSR count). The van der Waals surface area contributed by atoms with Crippen LogP contribution < -0.4 is 10.1 Å². The number of nitrogens with one attached hydrogen (secondary N) is 1. The molecule has 3 aromatic rings. The maximum Gasteiger partial charge on any atom is 0.573 e. The van der Waals surface area contributed by atoms with E-state index in [9.17, 15) is 18.0 Å². The fraction of sp³-hybridized carbons (Fsp3) is 0.133. The molecular weight excluding hydrogens is 343 g/mol. The molecule has 10 heteroatoms. The van der Waals surface area contributed by atoms with Crippen LogP contribution in [-0.2, 0) is 6.54 Å². The average molecular weight is 353 g/mol. The number of amides is 1. The number of hydrogen-bond donors (Lipinski definition) is 1. The Morgan fingerprint density at radius 1 is 1.20 bits per heavy atom. The fourth-order valence-corrected chi connectivity index (χ4v) is 1.90. The molecule has 1 amide bonds. The van der Waals surface area contributed by atoms with Crippen molar-refractivity contribution < 1.29 is 31.6 Å². The SMILES string of the molecule is O=C(NCc1nc(-c2ccc(OC(F)(F)F)cc2)no1)c1ccco1. The van der Waals surface area contributed by atoms with Crippen molar-refractivity contribution in [1.29, 1.82) is 0 Å². The van der Waals surface area contributed by atoms with Crippen molar-refractivity contribution in [3.05, 3.63) is 54.3 Å². The largest absolute Gasteiger partial charge is 0.573 e. The van der Waals surface area contributed by atoms with Crippen molar-refractivity contribution >= 4 is 5.91 Å². The first kappa shape index (κ1) is 16.6. The van der Waals surface area contributed by atoms with E-state index in [1.165, 1.54) is 24.5 Å². The summed E-state index contributed by atoms with van der Waals surface area (Å²) in [5.41, 5.74) is 0.432. The van der Waals surface area contributed by atoms with Gasteiger partial charge in [0.25, 0.3) is 5.91 Å². The van der Waals surface area contributed by atoms with Gasteiger partial charge < -0.3 is 19.0 Å². The van der Waals surface area contributed by atoms with E-state index in [4.69, 9.17) is 8.94 Å². The molecule has 7 nitrogen and oxygen atoms in total. The Hall–Kier alpha value is -3.30. The highest BCUT2D eigenvalue weighted by Gasteiger charge is 2.31. The van der Waals surface area contributed by atoms with Crippen molar-refractivity contribution in [3.63, 3.8) is 0 Å².